The number of hydrogen-bond donors (Lipinski definition) is 2. The highest BCUT2D eigenvalue weighted by Crippen LogP contribution is 2.35. The van der Waals surface area contributed by atoms with Crippen LogP contribution in [0.3, 0.4) is 0 Å². The number of thiocarbonyl (C=S) groups is 1. The molecule has 3 N–H and O–H groups in total. The van der Waals surface area contributed by atoms with Gasteiger partial charge in [0.15, 0.2) is 5.11 Å². The first-order valence-electron chi connectivity index (χ1n) is 6.74. The van der Waals surface area contributed by atoms with E-state index in [0.717, 1.165) is 10.9 Å². The number of nitrogens with one attached hydrogen (secondary N) is 1. The normalized spacial score (nSPS) is 17.8. The summed E-state index contributed by atoms with van der Waals surface area (Å²) in [6.45, 7) is 3.81. The Hall–Kier alpha value is -2.41. The second-order valence-corrected chi connectivity index (χ2v) is 5.98. The first kappa shape index (κ1) is 14.5. The van der Waals surface area contributed by atoms with Crippen molar-refractivity contribution < 1.29 is 9.15 Å². The topological polar surface area (TPSA) is 89.8 Å². The molecule has 0 fully saturated rings. The van der Waals surface area contributed by atoms with Crippen molar-refractivity contribution in [2.45, 2.75) is 25.9 Å². The van der Waals surface area contributed by atoms with E-state index in [0.29, 0.717) is 23.5 Å². The summed E-state index contributed by atoms with van der Waals surface area (Å²) in [5, 5.41) is 5.14. The minimum absolute atomic E-state index is 0.0820. The largest absolute Gasteiger partial charge is 0.481 e. The van der Waals surface area contributed by atoms with Crippen molar-refractivity contribution in [1.82, 2.24) is 5.43 Å². The Balaban J connectivity index is 2.15. The molecule has 0 saturated carbocycles. The molecule has 1 aromatic carbocycles. The van der Waals surface area contributed by atoms with Gasteiger partial charge in [-0.3, -0.25) is 5.43 Å². The third kappa shape index (κ3) is 2.55. The molecular formula is C15H15N3O3S. The highest BCUT2D eigenvalue weighted by Gasteiger charge is 2.35. The van der Waals surface area contributed by atoms with Crippen LogP contribution in [0.5, 0.6) is 5.75 Å². The molecule has 0 radical (unpaired) electrons. The fourth-order valence-electron chi connectivity index (χ4n) is 2.45. The van der Waals surface area contributed by atoms with Gasteiger partial charge in [0.25, 0.3) is 0 Å². The van der Waals surface area contributed by atoms with E-state index >= 15 is 0 Å². The molecule has 114 valence electrons. The Labute approximate surface area is 131 Å². The van der Waals surface area contributed by atoms with Crippen LogP contribution in [0.2, 0.25) is 0 Å². The van der Waals surface area contributed by atoms with Crippen molar-refractivity contribution in [3.63, 3.8) is 0 Å². The number of hydrogen-bond acceptors (Lipinski definition) is 5. The van der Waals surface area contributed by atoms with Gasteiger partial charge in [-0.2, -0.15) is 5.10 Å². The van der Waals surface area contributed by atoms with Crippen LogP contribution in [0.15, 0.2) is 38.6 Å². The summed E-state index contributed by atoms with van der Waals surface area (Å²) in [5.41, 5.74) is 9.01. The van der Waals surface area contributed by atoms with E-state index in [-0.39, 0.29) is 5.11 Å². The van der Waals surface area contributed by atoms with Gasteiger partial charge >= 0.3 is 5.63 Å². The molecule has 0 spiro atoms. The Bertz CT molecular complexity index is 855. The minimum atomic E-state index is -0.618. The second kappa shape index (κ2) is 5.10. The molecule has 22 heavy (non-hydrogen) atoms. The lowest BCUT2D eigenvalue weighted by Crippen LogP contribution is -2.44. The summed E-state index contributed by atoms with van der Waals surface area (Å²) in [6.07, 6.45) is 0.474. The summed E-state index contributed by atoms with van der Waals surface area (Å²) in [4.78, 5) is 11.5. The van der Waals surface area contributed by atoms with Gasteiger partial charge in [0.1, 0.15) is 16.9 Å². The Morgan fingerprint density at radius 3 is 2.82 bits per heavy atom. The van der Waals surface area contributed by atoms with Crippen molar-refractivity contribution >= 4 is 34.0 Å². The molecule has 0 bridgehead atoms. The molecule has 0 atom stereocenters. The Morgan fingerprint density at radius 2 is 2.09 bits per heavy atom. The molecule has 1 aliphatic rings. The van der Waals surface area contributed by atoms with Crippen LogP contribution in [-0.2, 0) is 6.42 Å². The van der Waals surface area contributed by atoms with Crippen LogP contribution in [0.1, 0.15) is 19.4 Å². The zero-order valence-corrected chi connectivity index (χ0v) is 13.0. The van der Waals surface area contributed by atoms with E-state index in [1.54, 1.807) is 6.07 Å². The van der Waals surface area contributed by atoms with Gasteiger partial charge in [-0.1, -0.05) is 0 Å². The monoisotopic (exact) mass is 317 g/mol. The Kier molecular flexibility index (Phi) is 3.37. The fraction of sp³-hybridized carbons (Fsp3) is 0.267. The van der Waals surface area contributed by atoms with E-state index in [1.165, 1.54) is 6.07 Å². The zero-order valence-electron chi connectivity index (χ0n) is 12.2. The molecule has 0 unspecified atom stereocenters. The lowest BCUT2D eigenvalue weighted by atomic mass is 9.91. The number of fused-ring (bicyclic) bond motifs is 3. The number of rotatable bonds is 1. The maximum atomic E-state index is 11.5. The summed E-state index contributed by atoms with van der Waals surface area (Å²) < 4.78 is 11.3. The van der Waals surface area contributed by atoms with E-state index in [9.17, 15) is 4.79 Å². The van der Waals surface area contributed by atoms with Gasteiger partial charge in [0.2, 0.25) is 0 Å². The lowest BCUT2D eigenvalue weighted by molar-refractivity contribution is 0.171. The molecule has 1 aliphatic heterocycles. The van der Waals surface area contributed by atoms with Crippen LogP contribution in [0.25, 0.3) is 11.0 Å². The third-order valence-electron chi connectivity index (χ3n) is 3.55. The Morgan fingerprint density at radius 1 is 1.36 bits per heavy atom. The average molecular weight is 317 g/mol. The molecule has 2 aromatic rings. The molecule has 2 heterocycles. The average Bonchev–Trinajstić information content (AvgIpc) is 2.44. The molecule has 0 amide bonds. The van der Waals surface area contributed by atoms with Gasteiger partial charge in [-0.15, -0.1) is 0 Å². The summed E-state index contributed by atoms with van der Waals surface area (Å²) in [5.74, 6) is 0.682. The predicted octanol–water partition coefficient (Wildman–Crippen LogP) is 1.70. The number of benzene rings is 1. The SMILES string of the molecule is CC1(C)Oc2ccc3ccc(=O)oc3c2CC1=NNC(N)=S. The minimum Gasteiger partial charge on any atom is -0.481 e. The van der Waals surface area contributed by atoms with Crippen molar-refractivity contribution in [2.24, 2.45) is 10.8 Å². The molecule has 0 saturated heterocycles. The van der Waals surface area contributed by atoms with Crippen LogP contribution in [0, 0.1) is 0 Å². The van der Waals surface area contributed by atoms with Crippen LogP contribution < -0.4 is 21.5 Å². The van der Waals surface area contributed by atoms with Gasteiger partial charge in [0.05, 0.1) is 5.71 Å². The number of nitrogens with zero attached hydrogens (tertiary/aromatic N) is 1. The van der Waals surface area contributed by atoms with Crippen LogP contribution in [0.4, 0.5) is 0 Å². The second-order valence-electron chi connectivity index (χ2n) is 5.54. The number of nitrogens with two attached hydrogens (primary N) is 1. The van der Waals surface area contributed by atoms with Gasteiger partial charge < -0.3 is 14.9 Å². The quantitative estimate of drug-likeness (QED) is 0.473. The smallest absolute Gasteiger partial charge is 0.336 e. The van der Waals surface area contributed by atoms with Gasteiger partial charge in [-0.05, 0) is 44.3 Å². The maximum absolute atomic E-state index is 11.5. The lowest BCUT2D eigenvalue weighted by Gasteiger charge is -2.34. The van der Waals surface area contributed by atoms with E-state index < -0.39 is 11.2 Å². The summed E-state index contributed by atoms with van der Waals surface area (Å²) >= 11 is 4.77. The maximum Gasteiger partial charge on any atom is 0.336 e. The summed E-state index contributed by atoms with van der Waals surface area (Å²) in [7, 11) is 0. The number of ether oxygens (including phenoxy) is 1. The molecule has 0 aliphatic carbocycles. The zero-order chi connectivity index (χ0) is 15.9. The highest BCUT2D eigenvalue weighted by atomic mass is 32.1. The summed E-state index contributed by atoms with van der Waals surface area (Å²) in [6, 6.07) is 6.86. The number of hydrazone groups is 1. The highest BCUT2D eigenvalue weighted by molar-refractivity contribution is 7.80. The van der Waals surface area contributed by atoms with E-state index in [1.807, 2.05) is 26.0 Å². The van der Waals surface area contributed by atoms with Crippen molar-refractivity contribution in [2.75, 3.05) is 0 Å². The van der Waals surface area contributed by atoms with Gasteiger partial charge in [0, 0.05) is 23.4 Å². The molecule has 3 rings (SSSR count). The third-order valence-corrected chi connectivity index (χ3v) is 3.65. The van der Waals surface area contributed by atoms with E-state index in [2.05, 4.69) is 10.5 Å². The first-order valence-corrected chi connectivity index (χ1v) is 7.15. The molecular weight excluding hydrogens is 302 g/mol. The standard InChI is InChI=1S/C15H15N3O3S/c1-15(2)11(17-18-14(16)22)7-9-10(21-15)5-3-8-4-6-12(19)20-13(8)9/h3-6H,7H2,1-2H3,(H3,16,18,22). The van der Waals surface area contributed by atoms with Gasteiger partial charge in [-0.25, -0.2) is 4.79 Å². The van der Waals surface area contributed by atoms with Crippen molar-refractivity contribution in [3.05, 3.63) is 40.2 Å². The van der Waals surface area contributed by atoms with E-state index in [4.69, 9.17) is 27.1 Å². The van der Waals surface area contributed by atoms with Crippen LogP contribution in [-0.4, -0.2) is 16.4 Å². The van der Waals surface area contributed by atoms with Crippen molar-refractivity contribution in [1.29, 1.82) is 0 Å². The molecule has 7 heteroatoms. The first-order chi connectivity index (χ1) is 10.4. The van der Waals surface area contributed by atoms with Crippen LogP contribution >= 0.6 is 12.2 Å². The molecule has 6 nitrogen and oxygen atoms in total. The molecule has 1 aromatic heterocycles. The predicted molar refractivity (Wildman–Crippen MR) is 88.3 cm³/mol. The van der Waals surface area contributed by atoms with Crippen molar-refractivity contribution in [3.8, 4) is 5.75 Å². The fourth-order valence-corrected chi connectivity index (χ4v) is 2.49.